The molecule has 0 bridgehead atoms. The van der Waals surface area contributed by atoms with Gasteiger partial charge in [-0.25, -0.2) is 18.8 Å². The number of ether oxygens (including phenoxy) is 3. The molecule has 0 radical (unpaired) electrons. The molecule has 1 aromatic rings. The molecule has 0 spiro atoms. The molecule has 1 aromatic carbocycles. The van der Waals surface area contributed by atoms with Crippen LogP contribution in [0.15, 0.2) is 30.0 Å². The molecule has 0 atom stereocenters. The zero-order chi connectivity index (χ0) is 16.7. The lowest BCUT2D eigenvalue weighted by atomic mass is 10.2. The Hall–Kier alpha value is -2.90. The maximum absolute atomic E-state index is 13.8. The molecule has 7 nitrogen and oxygen atoms in total. The van der Waals surface area contributed by atoms with E-state index in [1.165, 1.54) is 12.1 Å². The minimum absolute atomic E-state index is 0.130. The molecule has 0 fully saturated rings. The maximum atomic E-state index is 13.8. The highest BCUT2D eigenvalue weighted by Crippen LogP contribution is 2.17. The highest BCUT2D eigenvalue weighted by atomic mass is 19.1. The Morgan fingerprint density at radius 1 is 1.09 bits per heavy atom. The van der Waals surface area contributed by atoms with E-state index in [1.807, 2.05) is 0 Å². The number of anilines is 1. The number of esters is 3. The predicted molar refractivity (Wildman–Crippen MR) is 73.5 cm³/mol. The van der Waals surface area contributed by atoms with Crippen LogP contribution in [-0.2, 0) is 23.8 Å². The van der Waals surface area contributed by atoms with Gasteiger partial charge >= 0.3 is 17.9 Å². The van der Waals surface area contributed by atoms with Gasteiger partial charge in [-0.2, -0.15) is 0 Å². The number of hydrogen-bond donors (Lipinski definition) is 1. The van der Waals surface area contributed by atoms with E-state index >= 15 is 0 Å². The topological polar surface area (TPSA) is 90.9 Å². The lowest BCUT2D eigenvalue weighted by molar-refractivity contribution is -0.138. The second-order valence-corrected chi connectivity index (χ2v) is 3.88. The normalized spacial score (nSPS) is 10.6. The molecule has 118 valence electrons. The molecule has 0 unspecified atom stereocenters. The van der Waals surface area contributed by atoms with Crippen molar-refractivity contribution in [2.24, 2.45) is 0 Å². The van der Waals surface area contributed by atoms with Gasteiger partial charge in [-0.3, -0.25) is 0 Å². The van der Waals surface area contributed by atoms with Gasteiger partial charge in [-0.05, 0) is 18.2 Å². The van der Waals surface area contributed by atoms with E-state index in [1.54, 1.807) is 0 Å². The van der Waals surface area contributed by atoms with Gasteiger partial charge in [0.1, 0.15) is 11.5 Å². The SMILES string of the molecule is COC(=O)/C=C(/Nc1ccc(C(=O)OC)c(F)c1)C(=O)OC. The van der Waals surface area contributed by atoms with Crippen LogP contribution in [0.5, 0.6) is 0 Å². The van der Waals surface area contributed by atoms with E-state index in [9.17, 15) is 18.8 Å². The minimum Gasteiger partial charge on any atom is -0.466 e. The van der Waals surface area contributed by atoms with E-state index in [2.05, 4.69) is 19.5 Å². The Morgan fingerprint density at radius 2 is 1.77 bits per heavy atom. The molecule has 0 heterocycles. The van der Waals surface area contributed by atoms with Crippen LogP contribution in [0.25, 0.3) is 0 Å². The summed E-state index contributed by atoms with van der Waals surface area (Å²) in [5.74, 6) is -3.32. The van der Waals surface area contributed by atoms with Crippen LogP contribution in [0.1, 0.15) is 10.4 Å². The molecular weight excluding hydrogens is 297 g/mol. The first-order chi connectivity index (χ1) is 10.4. The smallest absolute Gasteiger partial charge is 0.354 e. The molecule has 22 heavy (non-hydrogen) atoms. The first-order valence-corrected chi connectivity index (χ1v) is 5.95. The number of rotatable bonds is 5. The van der Waals surface area contributed by atoms with Gasteiger partial charge in [0.25, 0.3) is 0 Å². The first-order valence-electron chi connectivity index (χ1n) is 5.95. The van der Waals surface area contributed by atoms with E-state index in [4.69, 9.17) is 0 Å². The number of carbonyl (C=O) groups is 3. The van der Waals surface area contributed by atoms with Gasteiger partial charge in [-0.1, -0.05) is 0 Å². The summed E-state index contributed by atoms with van der Waals surface area (Å²) < 4.78 is 27.1. The fourth-order valence-corrected chi connectivity index (χ4v) is 1.46. The van der Waals surface area contributed by atoms with Crippen LogP contribution in [0.2, 0.25) is 0 Å². The Labute approximate surface area is 125 Å². The molecule has 0 saturated heterocycles. The van der Waals surface area contributed by atoms with Gasteiger partial charge in [-0.15, -0.1) is 0 Å². The van der Waals surface area contributed by atoms with Crippen LogP contribution < -0.4 is 5.32 Å². The van der Waals surface area contributed by atoms with Gasteiger partial charge in [0, 0.05) is 5.69 Å². The Kier molecular flexibility index (Phi) is 6.06. The van der Waals surface area contributed by atoms with Gasteiger partial charge in [0.05, 0.1) is 33.0 Å². The molecule has 0 saturated carbocycles. The van der Waals surface area contributed by atoms with Crippen molar-refractivity contribution in [2.45, 2.75) is 0 Å². The molecule has 8 heteroatoms. The maximum Gasteiger partial charge on any atom is 0.354 e. The largest absolute Gasteiger partial charge is 0.466 e. The lowest BCUT2D eigenvalue weighted by Gasteiger charge is -2.10. The Morgan fingerprint density at radius 3 is 2.27 bits per heavy atom. The number of halogens is 1. The summed E-state index contributed by atoms with van der Waals surface area (Å²) in [6, 6.07) is 3.49. The zero-order valence-corrected chi connectivity index (χ0v) is 12.1. The van der Waals surface area contributed by atoms with Crippen molar-refractivity contribution in [3.63, 3.8) is 0 Å². The van der Waals surface area contributed by atoms with Crippen molar-refractivity contribution in [2.75, 3.05) is 26.6 Å². The van der Waals surface area contributed by atoms with Crippen LogP contribution in [0.4, 0.5) is 10.1 Å². The van der Waals surface area contributed by atoms with Crippen LogP contribution in [-0.4, -0.2) is 39.2 Å². The first kappa shape index (κ1) is 17.2. The Bertz CT molecular complexity index is 626. The third-order valence-electron chi connectivity index (χ3n) is 2.52. The number of benzene rings is 1. The fourth-order valence-electron chi connectivity index (χ4n) is 1.46. The van der Waals surface area contributed by atoms with Crippen LogP contribution >= 0.6 is 0 Å². The van der Waals surface area contributed by atoms with E-state index in [0.29, 0.717) is 0 Å². The van der Waals surface area contributed by atoms with Gasteiger partial charge < -0.3 is 19.5 Å². The highest BCUT2D eigenvalue weighted by Gasteiger charge is 2.16. The van der Waals surface area contributed by atoms with Crippen molar-refractivity contribution in [3.8, 4) is 0 Å². The van der Waals surface area contributed by atoms with Gasteiger partial charge in [0.15, 0.2) is 0 Å². The van der Waals surface area contributed by atoms with E-state index in [0.717, 1.165) is 33.5 Å². The summed E-state index contributed by atoms with van der Waals surface area (Å²) in [6.07, 6.45) is 0.859. The molecule has 1 N–H and O–H groups in total. The van der Waals surface area contributed by atoms with Crippen molar-refractivity contribution >= 4 is 23.6 Å². The van der Waals surface area contributed by atoms with Crippen molar-refractivity contribution in [1.29, 1.82) is 0 Å². The second kappa shape index (κ2) is 7.77. The number of nitrogens with one attached hydrogen (secondary N) is 1. The van der Waals surface area contributed by atoms with Crippen LogP contribution in [0, 0.1) is 5.82 Å². The monoisotopic (exact) mass is 311 g/mol. The van der Waals surface area contributed by atoms with E-state index < -0.39 is 23.7 Å². The summed E-state index contributed by atoms with van der Waals surface area (Å²) in [6.45, 7) is 0. The summed E-state index contributed by atoms with van der Waals surface area (Å²) in [4.78, 5) is 34.0. The average Bonchev–Trinajstić information content (AvgIpc) is 2.52. The highest BCUT2D eigenvalue weighted by molar-refractivity contribution is 5.98. The summed E-state index contributed by atoms with van der Waals surface area (Å²) >= 11 is 0. The quantitative estimate of drug-likeness (QED) is 0.497. The molecule has 0 amide bonds. The van der Waals surface area contributed by atoms with Gasteiger partial charge in [0.2, 0.25) is 0 Å². The second-order valence-electron chi connectivity index (χ2n) is 3.88. The summed E-state index contributed by atoms with van der Waals surface area (Å²) in [7, 11) is 3.39. The van der Waals surface area contributed by atoms with E-state index in [-0.39, 0.29) is 16.9 Å². The fraction of sp³-hybridized carbons (Fsp3) is 0.214. The van der Waals surface area contributed by atoms with Crippen molar-refractivity contribution < 1.29 is 33.0 Å². The standard InChI is InChI=1S/C14H14FNO6/c1-20-12(17)7-11(14(19)22-3)16-8-4-5-9(10(15)6-8)13(18)21-2/h4-7,16H,1-3H3/b11-7+. The summed E-state index contributed by atoms with van der Waals surface area (Å²) in [5, 5.41) is 2.51. The molecule has 0 aromatic heterocycles. The van der Waals surface area contributed by atoms with Crippen LogP contribution in [0.3, 0.4) is 0 Å². The zero-order valence-electron chi connectivity index (χ0n) is 12.1. The third-order valence-corrected chi connectivity index (χ3v) is 2.52. The molecule has 0 aliphatic carbocycles. The molecule has 1 rings (SSSR count). The Balaban J connectivity index is 3.07. The third kappa shape index (κ3) is 4.30. The molecular formula is C14H14FNO6. The number of carbonyl (C=O) groups excluding carboxylic acids is 3. The minimum atomic E-state index is -0.848. The average molecular weight is 311 g/mol. The number of methoxy groups -OCH3 is 3. The lowest BCUT2D eigenvalue weighted by Crippen LogP contribution is -2.16. The molecule has 0 aliphatic heterocycles. The summed E-state index contributed by atoms with van der Waals surface area (Å²) in [5.41, 5.74) is -0.380. The number of hydrogen-bond acceptors (Lipinski definition) is 7. The van der Waals surface area contributed by atoms with Crippen molar-refractivity contribution in [1.82, 2.24) is 0 Å². The molecule has 0 aliphatic rings. The van der Waals surface area contributed by atoms with Crippen molar-refractivity contribution in [3.05, 3.63) is 41.4 Å². The predicted octanol–water partition coefficient (Wildman–Crippen LogP) is 1.25.